The van der Waals surface area contributed by atoms with Gasteiger partial charge in [-0.25, -0.2) is 0 Å². The molecule has 5 aliphatic carbocycles. The number of hydrogen-bond acceptors (Lipinski definition) is 6. The van der Waals surface area contributed by atoms with Crippen LogP contribution in [-0.4, -0.2) is 77.7 Å². The van der Waals surface area contributed by atoms with Crippen LogP contribution < -0.4 is 5.32 Å². The van der Waals surface area contributed by atoms with E-state index in [0.717, 1.165) is 64.7 Å². The number of rotatable bonds is 9. The van der Waals surface area contributed by atoms with Gasteiger partial charge in [0.25, 0.3) is 0 Å². The lowest BCUT2D eigenvalue weighted by Crippen LogP contribution is -2.67. The monoisotopic (exact) mass is 738 g/mol. The van der Waals surface area contributed by atoms with Crippen molar-refractivity contribution < 1.29 is 24.2 Å². The smallest absolute Gasteiger partial charge is 0.309 e. The summed E-state index contributed by atoms with van der Waals surface area (Å²) in [7, 11) is 2.18. The largest absolute Gasteiger partial charge is 0.481 e. The first-order chi connectivity index (χ1) is 24.4. The van der Waals surface area contributed by atoms with Crippen molar-refractivity contribution in [2.75, 3.05) is 33.2 Å². The summed E-state index contributed by atoms with van der Waals surface area (Å²) in [5, 5.41) is 13.2. The highest BCUT2D eigenvalue weighted by molar-refractivity contribution is 5.81. The Kier molecular flexibility index (Phi) is 10.5. The van der Waals surface area contributed by atoms with Gasteiger partial charge in [-0.3, -0.25) is 19.3 Å². The van der Waals surface area contributed by atoms with E-state index in [9.17, 15) is 19.5 Å². The molecule has 1 heterocycles. The van der Waals surface area contributed by atoms with Crippen molar-refractivity contribution >= 4 is 17.8 Å². The van der Waals surface area contributed by atoms with Gasteiger partial charge in [0.2, 0.25) is 5.91 Å². The number of nitrogens with one attached hydrogen (secondary N) is 1. The van der Waals surface area contributed by atoms with Crippen molar-refractivity contribution in [3.05, 3.63) is 12.2 Å². The lowest BCUT2D eigenvalue weighted by atomic mass is 9.32. The average Bonchev–Trinajstić information content (AvgIpc) is 3.42. The van der Waals surface area contributed by atoms with E-state index in [1.807, 2.05) is 0 Å². The zero-order valence-corrected chi connectivity index (χ0v) is 35.5. The maximum absolute atomic E-state index is 14.2. The van der Waals surface area contributed by atoms with Crippen molar-refractivity contribution in [2.24, 2.45) is 62.1 Å². The van der Waals surface area contributed by atoms with Crippen LogP contribution in [0.2, 0.25) is 0 Å². The number of amides is 1. The lowest BCUT2D eigenvalue weighted by molar-refractivity contribution is -0.250. The quantitative estimate of drug-likeness (QED) is 0.181. The van der Waals surface area contributed by atoms with Crippen molar-refractivity contribution in [3.63, 3.8) is 0 Å². The number of carboxylic acids is 1. The number of ether oxygens (including phenoxy) is 1. The average molecular weight is 738 g/mol. The first-order valence-corrected chi connectivity index (χ1v) is 21.3. The van der Waals surface area contributed by atoms with E-state index in [1.54, 1.807) is 13.8 Å². The van der Waals surface area contributed by atoms with Gasteiger partial charge in [0.1, 0.15) is 6.10 Å². The number of carbonyl (C=O) groups is 3. The van der Waals surface area contributed by atoms with Crippen LogP contribution in [-0.2, 0) is 19.1 Å². The summed E-state index contributed by atoms with van der Waals surface area (Å²) in [6, 6.07) is 0. The number of esters is 1. The summed E-state index contributed by atoms with van der Waals surface area (Å²) < 4.78 is 6.20. The highest BCUT2D eigenvalue weighted by Crippen LogP contribution is 2.78. The van der Waals surface area contributed by atoms with Gasteiger partial charge < -0.3 is 20.1 Å². The number of piperazine rings is 1. The predicted octanol–water partition coefficient (Wildman–Crippen LogP) is 8.55. The van der Waals surface area contributed by atoms with E-state index in [-0.39, 0.29) is 51.2 Å². The number of hydrogen-bond donors (Lipinski definition) is 2. The van der Waals surface area contributed by atoms with Gasteiger partial charge in [0.15, 0.2) is 0 Å². The van der Waals surface area contributed by atoms with E-state index in [2.05, 4.69) is 84.1 Å². The van der Waals surface area contributed by atoms with Gasteiger partial charge in [-0.1, -0.05) is 46.8 Å². The molecular weight excluding hydrogens is 663 g/mol. The molecule has 0 aromatic rings. The molecule has 6 fully saturated rings. The van der Waals surface area contributed by atoms with Gasteiger partial charge in [0, 0.05) is 38.0 Å². The number of aliphatic carboxylic acids is 1. The van der Waals surface area contributed by atoms with Crippen LogP contribution in [0.15, 0.2) is 12.2 Å². The SMILES string of the molecule is C=C(C)[C@@H]1CC[C@]2(CC(=O)NC(C)(C)N3CCN(C)CC3)CC[C@]3(C)[C@H](CC[C@@H]4[C@@]5(C)CCC(OC(=O)CC(C)(C)C(=O)O)C(C)(C)[C@@H]5CC[C@]43C)[C@@H]12. The Morgan fingerprint density at radius 3 is 2.11 bits per heavy atom. The molecule has 5 saturated carbocycles. The molecule has 1 unspecified atom stereocenters. The normalized spacial score (nSPS) is 41.6. The Hall–Kier alpha value is -1.93. The number of likely N-dealkylation sites (N-methyl/N-ethyl adjacent to an activating group) is 1. The van der Waals surface area contributed by atoms with Gasteiger partial charge in [-0.2, -0.15) is 0 Å². The van der Waals surface area contributed by atoms with Crippen LogP contribution in [0.3, 0.4) is 0 Å². The van der Waals surface area contributed by atoms with Crippen LogP contribution in [0.1, 0.15) is 146 Å². The zero-order chi connectivity index (χ0) is 39.2. The highest BCUT2D eigenvalue weighted by atomic mass is 16.5. The summed E-state index contributed by atoms with van der Waals surface area (Å²) in [6.07, 6.45) is 11.5. The van der Waals surface area contributed by atoms with Crippen LogP contribution in [0.5, 0.6) is 0 Å². The first kappa shape index (κ1) is 40.7. The Balaban J connectivity index is 1.22. The Morgan fingerprint density at radius 2 is 1.49 bits per heavy atom. The molecule has 8 nitrogen and oxygen atoms in total. The van der Waals surface area contributed by atoms with Crippen molar-refractivity contribution in [1.82, 2.24) is 15.1 Å². The molecule has 1 aliphatic heterocycles. The fourth-order valence-corrected chi connectivity index (χ4v) is 14.6. The summed E-state index contributed by atoms with van der Waals surface area (Å²) in [5.74, 6) is 1.41. The van der Waals surface area contributed by atoms with E-state index >= 15 is 0 Å². The number of fused-ring (bicyclic) bond motifs is 7. The van der Waals surface area contributed by atoms with Crippen molar-refractivity contribution in [3.8, 4) is 0 Å². The molecule has 53 heavy (non-hydrogen) atoms. The van der Waals surface area contributed by atoms with E-state index < -0.39 is 17.4 Å². The number of carboxylic acid groups (broad SMARTS) is 1. The topological polar surface area (TPSA) is 99.2 Å². The van der Waals surface area contributed by atoms with E-state index in [4.69, 9.17) is 4.74 Å². The van der Waals surface area contributed by atoms with E-state index in [0.29, 0.717) is 36.0 Å². The Morgan fingerprint density at radius 1 is 0.830 bits per heavy atom. The van der Waals surface area contributed by atoms with Crippen molar-refractivity contribution in [1.29, 1.82) is 0 Å². The Bertz CT molecular complexity index is 1460. The molecule has 8 heteroatoms. The standard InChI is InChI=1S/C45H75N3O5/c1-29(2)30-15-20-45(27-35(49)46-41(7,8)48-25-23-47(12)24-26-48)22-21-43(10)31(37(30)45)13-14-33-42(9)18-17-34(53-36(50)28-39(3,4)38(51)52)40(5,6)32(42)16-19-44(33,43)11/h30-34,37H,1,13-28H2,2-12H3,(H,46,49)(H,51,52)/t30-,31+,32-,33+,34?,37+,42-,43+,44+,45+/m0/s1. The predicted molar refractivity (Wildman–Crippen MR) is 211 cm³/mol. The molecule has 10 atom stereocenters. The summed E-state index contributed by atoms with van der Waals surface area (Å²) in [5.41, 5.74) is 0.145. The van der Waals surface area contributed by atoms with Crippen LogP contribution >= 0.6 is 0 Å². The first-order valence-electron chi connectivity index (χ1n) is 21.3. The minimum Gasteiger partial charge on any atom is -0.481 e. The zero-order valence-electron chi connectivity index (χ0n) is 35.5. The second kappa shape index (κ2) is 13.6. The Labute approximate surface area is 322 Å². The molecule has 1 amide bonds. The van der Waals surface area contributed by atoms with Gasteiger partial charge in [-0.15, -0.1) is 0 Å². The molecule has 6 aliphatic rings. The van der Waals surface area contributed by atoms with Crippen molar-refractivity contribution in [2.45, 2.75) is 158 Å². The molecule has 6 rings (SSSR count). The molecule has 0 radical (unpaired) electrons. The van der Waals surface area contributed by atoms with Gasteiger partial charge in [0.05, 0.1) is 17.5 Å². The van der Waals surface area contributed by atoms with Crippen LogP contribution in [0.4, 0.5) is 0 Å². The summed E-state index contributed by atoms with van der Waals surface area (Å²) >= 11 is 0. The lowest BCUT2D eigenvalue weighted by Gasteiger charge is -2.73. The molecule has 1 saturated heterocycles. The second-order valence-corrected chi connectivity index (χ2v) is 21.8. The molecule has 0 bridgehead atoms. The molecule has 0 aromatic heterocycles. The molecule has 0 aromatic carbocycles. The van der Waals surface area contributed by atoms with Crippen LogP contribution in [0.25, 0.3) is 0 Å². The third-order valence-electron chi connectivity index (χ3n) is 17.9. The molecule has 0 spiro atoms. The number of allylic oxidation sites excluding steroid dienone is 1. The minimum atomic E-state index is -1.14. The van der Waals surface area contributed by atoms with Crippen LogP contribution in [0, 0.1) is 62.1 Å². The molecule has 2 N–H and O–H groups in total. The van der Waals surface area contributed by atoms with Gasteiger partial charge in [-0.05, 0) is 157 Å². The fourth-order valence-electron chi connectivity index (χ4n) is 14.6. The maximum Gasteiger partial charge on any atom is 0.309 e. The summed E-state index contributed by atoms with van der Waals surface area (Å²) in [4.78, 5) is 43.9. The minimum absolute atomic E-state index is 0.0273. The van der Waals surface area contributed by atoms with Gasteiger partial charge >= 0.3 is 11.9 Å². The fraction of sp³-hybridized carbons (Fsp3) is 0.889. The highest BCUT2D eigenvalue weighted by Gasteiger charge is 2.71. The van der Waals surface area contributed by atoms with E-state index in [1.165, 1.54) is 31.3 Å². The third kappa shape index (κ3) is 6.63. The summed E-state index contributed by atoms with van der Waals surface area (Å²) in [6.45, 7) is 30.9. The number of nitrogens with zero attached hydrogens (tertiary/aromatic N) is 2. The maximum atomic E-state index is 14.2. The number of carbonyl (C=O) groups excluding carboxylic acids is 2. The molecule has 300 valence electrons. The second-order valence-electron chi connectivity index (χ2n) is 21.8. The third-order valence-corrected chi connectivity index (χ3v) is 17.9. The molecular formula is C45H75N3O5.